The average molecular weight is 313 g/mol. The van der Waals surface area contributed by atoms with Crippen molar-refractivity contribution in [2.24, 2.45) is 16.2 Å². The van der Waals surface area contributed by atoms with Gasteiger partial charge in [-0.15, -0.1) is 0 Å². The highest BCUT2D eigenvalue weighted by atomic mass is 16.6. The van der Waals surface area contributed by atoms with Crippen molar-refractivity contribution in [3.63, 3.8) is 0 Å². The Bertz CT molecular complexity index is 390. The molecule has 1 aliphatic rings. The highest BCUT2D eigenvalue weighted by molar-refractivity contribution is 5.81. The topological polar surface area (TPSA) is 47.6 Å². The Hall–Kier alpha value is -0.610. The molecule has 0 radical (unpaired) electrons. The van der Waals surface area contributed by atoms with E-state index in [0.29, 0.717) is 0 Å². The van der Waals surface area contributed by atoms with Gasteiger partial charge in [0.1, 0.15) is 6.10 Å². The number of carbonyl (C=O) groups excluding carboxylic acids is 1. The molecule has 1 rings (SSSR count). The quantitative estimate of drug-likeness (QED) is 0.807. The maximum atomic E-state index is 12.2. The summed E-state index contributed by atoms with van der Waals surface area (Å²) >= 11 is 0. The minimum atomic E-state index is -0.436. The van der Waals surface area contributed by atoms with Gasteiger partial charge in [0.2, 0.25) is 5.91 Å². The molecule has 0 aromatic carbocycles. The molecule has 0 aromatic heterocycles. The molecule has 1 fully saturated rings. The fourth-order valence-electron chi connectivity index (χ4n) is 3.32. The van der Waals surface area contributed by atoms with Gasteiger partial charge in [-0.25, -0.2) is 0 Å². The lowest BCUT2D eigenvalue weighted by Crippen LogP contribution is -2.56. The fraction of sp³-hybridized carbons (Fsp3) is 0.944. The molecule has 1 heterocycles. The maximum Gasteiger partial charge on any atom is 0.227 e. The predicted octanol–water partition coefficient (Wildman–Crippen LogP) is 3.74. The number of hydrogen-bond donors (Lipinski definition) is 1. The second kappa shape index (κ2) is 6.48. The number of amides is 1. The third kappa shape index (κ3) is 4.69. The van der Waals surface area contributed by atoms with Crippen LogP contribution in [0.3, 0.4) is 0 Å². The van der Waals surface area contributed by atoms with Crippen LogP contribution in [0, 0.1) is 16.2 Å². The summed E-state index contributed by atoms with van der Waals surface area (Å²) in [6, 6.07) is 0. The van der Waals surface area contributed by atoms with E-state index < -0.39 is 11.6 Å². The van der Waals surface area contributed by atoms with Crippen LogP contribution < -0.4 is 5.32 Å². The van der Waals surface area contributed by atoms with Crippen LogP contribution in [0.25, 0.3) is 0 Å². The van der Waals surface area contributed by atoms with Crippen LogP contribution in [-0.4, -0.2) is 31.5 Å². The standard InChI is InChI=1S/C18H35NO3/c1-16(2,3)14-18(7,8)11-10-12(22-14)13(21-9)19-15(20)17(4,5)6/h12-14H,10-11H2,1-9H3,(H,19,20)/t12-,13+,14-/m1/s1. The van der Waals surface area contributed by atoms with Gasteiger partial charge in [-0.3, -0.25) is 4.79 Å². The zero-order chi connectivity index (χ0) is 17.3. The minimum absolute atomic E-state index is 0.0138. The van der Waals surface area contributed by atoms with Gasteiger partial charge in [0.15, 0.2) is 6.23 Å². The van der Waals surface area contributed by atoms with Gasteiger partial charge in [-0.1, -0.05) is 55.4 Å². The van der Waals surface area contributed by atoms with Crippen molar-refractivity contribution in [2.75, 3.05) is 7.11 Å². The van der Waals surface area contributed by atoms with E-state index in [9.17, 15) is 4.79 Å². The molecule has 0 spiro atoms. The van der Waals surface area contributed by atoms with Crippen LogP contribution in [0.15, 0.2) is 0 Å². The van der Waals surface area contributed by atoms with Gasteiger partial charge in [-0.2, -0.15) is 0 Å². The molecule has 0 unspecified atom stereocenters. The number of hydrogen-bond acceptors (Lipinski definition) is 3. The first-order chi connectivity index (χ1) is 9.79. The van der Waals surface area contributed by atoms with Gasteiger partial charge < -0.3 is 14.8 Å². The number of rotatable bonds is 3. The van der Waals surface area contributed by atoms with E-state index >= 15 is 0 Å². The fourth-order valence-corrected chi connectivity index (χ4v) is 3.32. The van der Waals surface area contributed by atoms with Crippen molar-refractivity contribution in [1.82, 2.24) is 5.32 Å². The van der Waals surface area contributed by atoms with E-state index in [0.717, 1.165) is 12.8 Å². The van der Waals surface area contributed by atoms with Crippen LogP contribution in [0.2, 0.25) is 0 Å². The zero-order valence-electron chi connectivity index (χ0n) is 15.9. The third-order valence-electron chi connectivity index (χ3n) is 4.43. The summed E-state index contributed by atoms with van der Waals surface area (Å²) in [5.41, 5.74) is -0.260. The van der Waals surface area contributed by atoms with Crippen molar-refractivity contribution in [3.05, 3.63) is 0 Å². The summed E-state index contributed by atoms with van der Waals surface area (Å²) in [6.07, 6.45) is 1.58. The molecular weight excluding hydrogens is 278 g/mol. The Morgan fingerprint density at radius 2 is 1.77 bits per heavy atom. The number of ether oxygens (including phenoxy) is 2. The normalized spacial score (nSPS) is 27.3. The van der Waals surface area contributed by atoms with Gasteiger partial charge >= 0.3 is 0 Å². The average Bonchev–Trinajstić information content (AvgIpc) is 2.33. The van der Waals surface area contributed by atoms with Crippen LogP contribution in [0.4, 0.5) is 0 Å². The molecule has 1 saturated heterocycles. The molecule has 0 aliphatic carbocycles. The Kier molecular flexibility index (Phi) is 5.73. The molecule has 4 nitrogen and oxygen atoms in total. The molecule has 0 saturated carbocycles. The van der Waals surface area contributed by atoms with Crippen molar-refractivity contribution in [2.45, 2.75) is 86.7 Å². The number of methoxy groups -OCH3 is 1. The van der Waals surface area contributed by atoms with Crippen LogP contribution in [-0.2, 0) is 14.3 Å². The second-order valence-corrected chi connectivity index (χ2v) is 9.33. The molecule has 4 heteroatoms. The van der Waals surface area contributed by atoms with E-state index in [-0.39, 0.29) is 28.9 Å². The smallest absolute Gasteiger partial charge is 0.227 e. The summed E-state index contributed by atoms with van der Waals surface area (Å²) in [5.74, 6) is -0.0138. The number of nitrogens with one attached hydrogen (secondary N) is 1. The molecule has 130 valence electrons. The van der Waals surface area contributed by atoms with Gasteiger partial charge in [-0.05, 0) is 23.7 Å². The van der Waals surface area contributed by atoms with Crippen molar-refractivity contribution in [1.29, 1.82) is 0 Å². The molecular formula is C18H35NO3. The molecule has 3 atom stereocenters. The SMILES string of the molecule is CO[C@H](NC(=O)C(C)(C)C)[C@H]1CCC(C)(C)[C@@H](C(C)(C)C)O1. The summed E-state index contributed by atoms with van der Waals surface area (Å²) in [5, 5.41) is 2.99. The largest absolute Gasteiger partial charge is 0.369 e. The molecule has 1 amide bonds. The molecule has 1 aliphatic heterocycles. The molecule has 22 heavy (non-hydrogen) atoms. The molecule has 1 N–H and O–H groups in total. The number of carbonyl (C=O) groups is 1. The minimum Gasteiger partial charge on any atom is -0.369 e. The summed E-state index contributed by atoms with van der Waals surface area (Å²) in [6.45, 7) is 16.8. The lowest BCUT2D eigenvalue weighted by atomic mass is 9.68. The van der Waals surface area contributed by atoms with Gasteiger partial charge in [0, 0.05) is 12.5 Å². The van der Waals surface area contributed by atoms with Crippen LogP contribution in [0.5, 0.6) is 0 Å². The predicted molar refractivity (Wildman–Crippen MR) is 89.5 cm³/mol. The Morgan fingerprint density at radius 3 is 2.18 bits per heavy atom. The van der Waals surface area contributed by atoms with Gasteiger partial charge in [0.05, 0.1) is 6.10 Å². The second-order valence-electron chi connectivity index (χ2n) is 9.33. The first-order valence-corrected chi connectivity index (χ1v) is 8.28. The van der Waals surface area contributed by atoms with Crippen molar-refractivity contribution in [3.8, 4) is 0 Å². The monoisotopic (exact) mass is 313 g/mol. The maximum absolute atomic E-state index is 12.2. The lowest BCUT2D eigenvalue weighted by molar-refractivity contribution is -0.199. The highest BCUT2D eigenvalue weighted by Gasteiger charge is 2.46. The summed E-state index contributed by atoms with van der Waals surface area (Å²) < 4.78 is 11.9. The third-order valence-corrected chi connectivity index (χ3v) is 4.43. The van der Waals surface area contributed by atoms with E-state index in [1.54, 1.807) is 7.11 Å². The summed E-state index contributed by atoms with van der Waals surface area (Å²) in [7, 11) is 1.63. The first kappa shape index (κ1) is 19.4. The van der Waals surface area contributed by atoms with Crippen LogP contribution >= 0.6 is 0 Å². The molecule has 0 bridgehead atoms. The Morgan fingerprint density at radius 1 is 1.23 bits per heavy atom. The van der Waals surface area contributed by atoms with Crippen molar-refractivity contribution < 1.29 is 14.3 Å². The van der Waals surface area contributed by atoms with E-state index in [4.69, 9.17) is 9.47 Å². The highest BCUT2D eigenvalue weighted by Crippen LogP contribution is 2.44. The lowest BCUT2D eigenvalue weighted by Gasteiger charge is -2.49. The summed E-state index contributed by atoms with van der Waals surface area (Å²) in [4.78, 5) is 12.2. The Labute approximate surface area is 136 Å². The Balaban J connectivity index is 2.85. The van der Waals surface area contributed by atoms with E-state index in [2.05, 4.69) is 39.9 Å². The van der Waals surface area contributed by atoms with E-state index in [1.165, 1.54) is 0 Å². The van der Waals surface area contributed by atoms with Gasteiger partial charge in [0.25, 0.3) is 0 Å². The zero-order valence-corrected chi connectivity index (χ0v) is 15.9. The molecule has 0 aromatic rings. The first-order valence-electron chi connectivity index (χ1n) is 8.28. The van der Waals surface area contributed by atoms with E-state index in [1.807, 2.05) is 20.8 Å². The van der Waals surface area contributed by atoms with Crippen molar-refractivity contribution >= 4 is 5.91 Å². The van der Waals surface area contributed by atoms with Crippen LogP contribution in [0.1, 0.15) is 68.2 Å².